The zero-order chi connectivity index (χ0) is 13.4. The van der Waals surface area contributed by atoms with Gasteiger partial charge < -0.3 is 5.32 Å². The first-order chi connectivity index (χ1) is 9.13. The molecule has 94 valence electrons. The van der Waals surface area contributed by atoms with E-state index in [1.165, 1.54) is 5.56 Å². The highest BCUT2D eigenvalue weighted by Gasteiger charge is 2.23. The fraction of sp³-hybridized carbons (Fsp3) is 0.118. The molecule has 0 aliphatic carbocycles. The van der Waals surface area contributed by atoms with Gasteiger partial charge in [-0.1, -0.05) is 42.0 Å². The molecule has 1 N–H and O–H groups in total. The van der Waals surface area contributed by atoms with Gasteiger partial charge >= 0.3 is 0 Å². The first-order valence-corrected chi connectivity index (χ1v) is 6.34. The van der Waals surface area contributed by atoms with Gasteiger partial charge in [-0.25, -0.2) is 0 Å². The van der Waals surface area contributed by atoms with Crippen LogP contribution >= 0.6 is 0 Å². The van der Waals surface area contributed by atoms with Gasteiger partial charge in [0.2, 0.25) is 0 Å². The number of aryl methyl sites for hydroxylation is 2. The van der Waals surface area contributed by atoms with Crippen molar-refractivity contribution in [1.29, 1.82) is 0 Å². The van der Waals surface area contributed by atoms with Gasteiger partial charge in [0, 0.05) is 16.8 Å². The van der Waals surface area contributed by atoms with Crippen molar-refractivity contribution in [2.75, 3.05) is 5.32 Å². The zero-order valence-corrected chi connectivity index (χ0v) is 11.0. The summed E-state index contributed by atoms with van der Waals surface area (Å²) in [7, 11) is 0. The van der Waals surface area contributed by atoms with E-state index in [0.717, 1.165) is 28.0 Å². The fourth-order valence-electron chi connectivity index (χ4n) is 2.28. The molecule has 0 saturated carbocycles. The van der Waals surface area contributed by atoms with Gasteiger partial charge in [-0.05, 0) is 37.1 Å². The standard InChI is InChI=1S/C17H15NO/c1-11-3-6-13(7-4-11)10-15-14-8-5-12(2)9-16(14)18-17(15)19/h3-10H,1-2H3,(H,18,19). The number of nitrogens with one attached hydrogen (secondary N) is 1. The lowest BCUT2D eigenvalue weighted by atomic mass is 10.0. The lowest BCUT2D eigenvalue weighted by Gasteiger charge is -2.00. The van der Waals surface area contributed by atoms with Crippen LogP contribution in [0.2, 0.25) is 0 Å². The quantitative estimate of drug-likeness (QED) is 0.765. The van der Waals surface area contributed by atoms with Crippen LogP contribution in [0.15, 0.2) is 42.5 Å². The number of amides is 1. The molecule has 0 unspecified atom stereocenters. The minimum Gasteiger partial charge on any atom is -0.321 e. The number of anilines is 1. The van der Waals surface area contributed by atoms with Crippen molar-refractivity contribution in [2.24, 2.45) is 0 Å². The van der Waals surface area contributed by atoms with Crippen molar-refractivity contribution in [3.8, 4) is 0 Å². The molecule has 2 heteroatoms. The van der Waals surface area contributed by atoms with Crippen LogP contribution in [0.25, 0.3) is 11.6 Å². The Morgan fingerprint density at radius 3 is 2.37 bits per heavy atom. The molecular weight excluding hydrogens is 234 g/mol. The number of carbonyl (C=O) groups is 1. The molecule has 3 rings (SSSR count). The fourth-order valence-corrected chi connectivity index (χ4v) is 2.28. The predicted octanol–water partition coefficient (Wildman–Crippen LogP) is 3.80. The molecule has 19 heavy (non-hydrogen) atoms. The minimum atomic E-state index is -0.0267. The summed E-state index contributed by atoms with van der Waals surface area (Å²) in [6.45, 7) is 4.07. The smallest absolute Gasteiger partial charge is 0.256 e. The lowest BCUT2D eigenvalue weighted by molar-refractivity contribution is -0.110. The maximum absolute atomic E-state index is 12.0. The second kappa shape index (κ2) is 4.39. The summed E-state index contributed by atoms with van der Waals surface area (Å²) in [5.41, 5.74) is 6.03. The first-order valence-electron chi connectivity index (χ1n) is 6.34. The number of rotatable bonds is 1. The summed E-state index contributed by atoms with van der Waals surface area (Å²) < 4.78 is 0. The Balaban J connectivity index is 2.06. The molecule has 0 atom stereocenters. The van der Waals surface area contributed by atoms with E-state index >= 15 is 0 Å². The average molecular weight is 249 g/mol. The summed E-state index contributed by atoms with van der Waals surface area (Å²) in [6.07, 6.45) is 1.94. The Morgan fingerprint density at radius 1 is 0.947 bits per heavy atom. The van der Waals surface area contributed by atoms with Crippen molar-refractivity contribution >= 4 is 23.2 Å². The van der Waals surface area contributed by atoms with Gasteiger partial charge in [0.25, 0.3) is 5.91 Å². The van der Waals surface area contributed by atoms with Crippen molar-refractivity contribution in [3.63, 3.8) is 0 Å². The van der Waals surface area contributed by atoms with Crippen LogP contribution in [-0.4, -0.2) is 5.91 Å². The Bertz CT molecular complexity index is 681. The van der Waals surface area contributed by atoms with Crippen LogP contribution in [0.3, 0.4) is 0 Å². The molecule has 0 saturated heterocycles. The van der Waals surface area contributed by atoms with Gasteiger partial charge in [0.15, 0.2) is 0 Å². The van der Waals surface area contributed by atoms with Crippen molar-refractivity contribution in [3.05, 3.63) is 64.7 Å². The molecular formula is C17H15NO. The van der Waals surface area contributed by atoms with E-state index in [1.54, 1.807) is 0 Å². The molecule has 2 nitrogen and oxygen atoms in total. The van der Waals surface area contributed by atoms with Crippen LogP contribution in [-0.2, 0) is 4.79 Å². The number of hydrogen-bond donors (Lipinski definition) is 1. The second-order valence-electron chi connectivity index (χ2n) is 4.97. The average Bonchev–Trinajstić information content (AvgIpc) is 2.68. The second-order valence-corrected chi connectivity index (χ2v) is 4.97. The molecule has 1 heterocycles. The topological polar surface area (TPSA) is 29.1 Å². The lowest BCUT2D eigenvalue weighted by Crippen LogP contribution is -2.03. The van der Waals surface area contributed by atoms with Crippen molar-refractivity contribution in [2.45, 2.75) is 13.8 Å². The van der Waals surface area contributed by atoms with E-state index in [-0.39, 0.29) is 5.91 Å². The third kappa shape index (κ3) is 2.17. The largest absolute Gasteiger partial charge is 0.321 e. The Morgan fingerprint density at radius 2 is 1.63 bits per heavy atom. The van der Waals surface area contributed by atoms with Crippen LogP contribution in [0.4, 0.5) is 5.69 Å². The van der Waals surface area contributed by atoms with E-state index in [9.17, 15) is 4.79 Å². The van der Waals surface area contributed by atoms with Gasteiger partial charge in [0.05, 0.1) is 0 Å². The van der Waals surface area contributed by atoms with Crippen molar-refractivity contribution in [1.82, 2.24) is 0 Å². The zero-order valence-electron chi connectivity index (χ0n) is 11.0. The van der Waals surface area contributed by atoms with E-state index in [2.05, 4.69) is 24.4 Å². The van der Waals surface area contributed by atoms with Gasteiger partial charge in [-0.15, -0.1) is 0 Å². The van der Waals surface area contributed by atoms with E-state index < -0.39 is 0 Å². The summed E-state index contributed by atoms with van der Waals surface area (Å²) in [5, 5.41) is 2.91. The summed E-state index contributed by atoms with van der Waals surface area (Å²) in [4.78, 5) is 12.0. The Labute approximate surface area is 112 Å². The summed E-state index contributed by atoms with van der Waals surface area (Å²) >= 11 is 0. The molecule has 0 spiro atoms. The Hall–Kier alpha value is -2.35. The first kappa shape index (κ1) is 11.7. The van der Waals surface area contributed by atoms with Gasteiger partial charge in [-0.3, -0.25) is 4.79 Å². The molecule has 0 aromatic heterocycles. The summed E-state index contributed by atoms with van der Waals surface area (Å²) in [5.74, 6) is -0.0267. The molecule has 1 amide bonds. The molecule has 0 fully saturated rings. The molecule has 0 bridgehead atoms. The molecule has 0 radical (unpaired) electrons. The monoisotopic (exact) mass is 249 g/mol. The minimum absolute atomic E-state index is 0.0267. The number of benzene rings is 2. The highest BCUT2D eigenvalue weighted by Crippen LogP contribution is 2.33. The third-order valence-corrected chi connectivity index (χ3v) is 3.35. The molecule has 2 aromatic rings. The highest BCUT2D eigenvalue weighted by atomic mass is 16.2. The number of carbonyl (C=O) groups excluding carboxylic acids is 1. The van der Waals surface area contributed by atoms with Crippen molar-refractivity contribution < 1.29 is 4.79 Å². The van der Waals surface area contributed by atoms with Crippen LogP contribution in [0.5, 0.6) is 0 Å². The molecule has 1 aliphatic rings. The van der Waals surface area contributed by atoms with E-state index in [4.69, 9.17) is 0 Å². The number of hydrogen-bond acceptors (Lipinski definition) is 1. The van der Waals surface area contributed by atoms with E-state index in [0.29, 0.717) is 0 Å². The van der Waals surface area contributed by atoms with Gasteiger partial charge in [-0.2, -0.15) is 0 Å². The normalized spacial score (nSPS) is 15.5. The van der Waals surface area contributed by atoms with Gasteiger partial charge in [0.1, 0.15) is 0 Å². The van der Waals surface area contributed by atoms with Crippen LogP contribution in [0.1, 0.15) is 22.3 Å². The summed E-state index contributed by atoms with van der Waals surface area (Å²) in [6, 6.07) is 14.2. The van der Waals surface area contributed by atoms with Crippen LogP contribution < -0.4 is 5.32 Å². The maximum atomic E-state index is 12.0. The SMILES string of the molecule is Cc1ccc(C=C2C(=O)Nc3cc(C)ccc32)cc1. The number of fused-ring (bicyclic) bond motifs is 1. The van der Waals surface area contributed by atoms with E-state index in [1.807, 2.05) is 43.3 Å². The Kier molecular flexibility index (Phi) is 2.71. The van der Waals surface area contributed by atoms with Crippen LogP contribution in [0, 0.1) is 13.8 Å². The maximum Gasteiger partial charge on any atom is 0.256 e. The molecule has 2 aromatic carbocycles. The predicted molar refractivity (Wildman–Crippen MR) is 78.9 cm³/mol. The highest BCUT2D eigenvalue weighted by molar-refractivity contribution is 6.34. The third-order valence-electron chi connectivity index (χ3n) is 3.35. The molecule has 1 aliphatic heterocycles.